The predicted molar refractivity (Wildman–Crippen MR) is 60.7 cm³/mol. The lowest BCUT2D eigenvalue weighted by molar-refractivity contribution is 0.0769. The molecule has 1 atom stereocenters. The minimum absolute atomic E-state index is 0.263. The first kappa shape index (κ1) is 10.4. The number of hydrogen-bond donors (Lipinski definition) is 1. The molecule has 0 spiro atoms. The van der Waals surface area contributed by atoms with Crippen LogP contribution in [0, 0.1) is 0 Å². The number of morpholine rings is 1. The smallest absolute Gasteiger partial charge is 0.0662 e. The fourth-order valence-electron chi connectivity index (χ4n) is 1.56. The zero-order valence-corrected chi connectivity index (χ0v) is 9.94. The van der Waals surface area contributed by atoms with Crippen molar-refractivity contribution in [1.82, 2.24) is 5.32 Å². The van der Waals surface area contributed by atoms with Gasteiger partial charge in [0.15, 0.2) is 0 Å². The maximum absolute atomic E-state index is 5.97. The molecule has 0 aliphatic carbocycles. The van der Waals surface area contributed by atoms with Crippen LogP contribution >= 0.6 is 27.5 Å². The molecule has 0 saturated carbocycles. The van der Waals surface area contributed by atoms with E-state index in [0.717, 1.165) is 22.6 Å². The SMILES string of the molecule is Clc1cc(Br)cc([C@H]2COCCN2)c1. The summed E-state index contributed by atoms with van der Waals surface area (Å²) in [5.41, 5.74) is 1.17. The van der Waals surface area contributed by atoms with Gasteiger partial charge < -0.3 is 10.1 Å². The standard InChI is InChI=1S/C10H11BrClNO/c11-8-3-7(4-9(12)5-8)10-6-14-2-1-13-10/h3-5,10,13H,1-2,6H2/t10-/m1/s1. The zero-order chi connectivity index (χ0) is 9.97. The van der Waals surface area contributed by atoms with Crippen molar-refractivity contribution in [3.05, 3.63) is 33.3 Å². The van der Waals surface area contributed by atoms with Crippen molar-refractivity contribution in [1.29, 1.82) is 0 Å². The van der Waals surface area contributed by atoms with Crippen molar-refractivity contribution in [2.45, 2.75) is 6.04 Å². The monoisotopic (exact) mass is 275 g/mol. The molecule has 1 N–H and O–H groups in total. The molecule has 4 heteroatoms. The van der Waals surface area contributed by atoms with Gasteiger partial charge in [-0.3, -0.25) is 0 Å². The van der Waals surface area contributed by atoms with Crippen molar-refractivity contribution >= 4 is 27.5 Å². The third-order valence-corrected chi connectivity index (χ3v) is 2.88. The highest BCUT2D eigenvalue weighted by molar-refractivity contribution is 9.10. The van der Waals surface area contributed by atoms with Gasteiger partial charge in [0.05, 0.1) is 19.3 Å². The molecule has 0 unspecified atom stereocenters. The lowest BCUT2D eigenvalue weighted by Crippen LogP contribution is -2.34. The van der Waals surface area contributed by atoms with Crippen molar-refractivity contribution in [3.63, 3.8) is 0 Å². The second-order valence-electron chi connectivity index (χ2n) is 3.28. The molecule has 76 valence electrons. The molecular weight excluding hydrogens is 265 g/mol. The van der Waals surface area contributed by atoms with Gasteiger partial charge in [0.25, 0.3) is 0 Å². The highest BCUT2D eigenvalue weighted by atomic mass is 79.9. The van der Waals surface area contributed by atoms with E-state index in [2.05, 4.69) is 27.3 Å². The summed E-state index contributed by atoms with van der Waals surface area (Å²) < 4.78 is 6.40. The van der Waals surface area contributed by atoms with Crippen LogP contribution in [0.3, 0.4) is 0 Å². The molecule has 1 saturated heterocycles. The lowest BCUT2D eigenvalue weighted by Gasteiger charge is -2.24. The minimum atomic E-state index is 0.263. The predicted octanol–water partition coefficient (Wildman–Crippen LogP) is 2.76. The summed E-state index contributed by atoms with van der Waals surface area (Å²) >= 11 is 9.40. The number of halogens is 2. The topological polar surface area (TPSA) is 21.3 Å². The van der Waals surface area contributed by atoms with Gasteiger partial charge in [0, 0.05) is 16.0 Å². The van der Waals surface area contributed by atoms with E-state index in [9.17, 15) is 0 Å². The van der Waals surface area contributed by atoms with Gasteiger partial charge >= 0.3 is 0 Å². The maximum atomic E-state index is 5.97. The summed E-state index contributed by atoms with van der Waals surface area (Å²) in [7, 11) is 0. The summed E-state index contributed by atoms with van der Waals surface area (Å²) in [6.07, 6.45) is 0. The second kappa shape index (κ2) is 4.62. The van der Waals surface area contributed by atoms with Crippen molar-refractivity contribution in [2.75, 3.05) is 19.8 Å². The van der Waals surface area contributed by atoms with Crippen molar-refractivity contribution in [3.8, 4) is 0 Å². The van der Waals surface area contributed by atoms with Crippen LogP contribution in [0.4, 0.5) is 0 Å². The van der Waals surface area contributed by atoms with E-state index in [-0.39, 0.29) is 6.04 Å². The Hall–Kier alpha value is -0.0900. The number of hydrogen-bond acceptors (Lipinski definition) is 2. The Morgan fingerprint density at radius 1 is 1.43 bits per heavy atom. The van der Waals surface area contributed by atoms with Gasteiger partial charge in [-0.1, -0.05) is 27.5 Å². The molecule has 0 bridgehead atoms. The molecule has 1 aromatic rings. The minimum Gasteiger partial charge on any atom is -0.378 e. The molecule has 1 aliphatic rings. The van der Waals surface area contributed by atoms with Crippen molar-refractivity contribution in [2.24, 2.45) is 0 Å². The molecule has 1 aliphatic heterocycles. The quantitative estimate of drug-likeness (QED) is 0.852. The molecule has 1 aromatic carbocycles. The second-order valence-corrected chi connectivity index (χ2v) is 4.64. The maximum Gasteiger partial charge on any atom is 0.0662 e. The van der Waals surface area contributed by atoms with Crippen LogP contribution in [0.5, 0.6) is 0 Å². The number of ether oxygens (including phenoxy) is 1. The Labute approximate surface area is 96.7 Å². The largest absolute Gasteiger partial charge is 0.378 e. The first-order valence-corrected chi connectivity index (χ1v) is 5.70. The summed E-state index contributed by atoms with van der Waals surface area (Å²) in [5, 5.41) is 4.14. The van der Waals surface area contributed by atoms with Crippen LogP contribution in [0.25, 0.3) is 0 Å². The molecule has 0 amide bonds. The molecule has 1 heterocycles. The third-order valence-electron chi connectivity index (χ3n) is 2.21. The van der Waals surface area contributed by atoms with E-state index in [1.165, 1.54) is 5.56 Å². The molecule has 0 aromatic heterocycles. The van der Waals surface area contributed by atoms with Gasteiger partial charge in [-0.15, -0.1) is 0 Å². The Balaban J connectivity index is 2.21. The van der Waals surface area contributed by atoms with Gasteiger partial charge in [-0.25, -0.2) is 0 Å². The Bertz CT molecular complexity index is 306. The van der Waals surface area contributed by atoms with Crippen LogP contribution < -0.4 is 5.32 Å². The van der Waals surface area contributed by atoms with E-state index in [0.29, 0.717) is 6.61 Å². The first-order valence-electron chi connectivity index (χ1n) is 4.53. The van der Waals surface area contributed by atoms with Crippen LogP contribution in [0.1, 0.15) is 11.6 Å². The number of benzene rings is 1. The third kappa shape index (κ3) is 2.48. The summed E-state index contributed by atoms with van der Waals surface area (Å²) in [5.74, 6) is 0. The van der Waals surface area contributed by atoms with Crippen molar-refractivity contribution < 1.29 is 4.74 Å². The lowest BCUT2D eigenvalue weighted by atomic mass is 10.1. The normalized spacial score (nSPS) is 22.3. The number of rotatable bonds is 1. The van der Waals surface area contributed by atoms with Crippen LogP contribution in [0.15, 0.2) is 22.7 Å². The highest BCUT2D eigenvalue weighted by Gasteiger charge is 2.15. The first-order chi connectivity index (χ1) is 6.75. The molecule has 14 heavy (non-hydrogen) atoms. The molecular formula is C10H11BrClNO. The molecule has 0 radical (unpaired) electrons. The fraction of sp³-hybridized carbons (Fsp3) is 0.400. The van der Waals surface area contributed by atoms with Gasteiger partial charge in [0.1, 0.15) is 0 Å². The fourth-order valence-corrected chi connectivity index (χ4v) is 2.44. The van der Waals surface area contributed by atoms with Crippen LogP contribution in [-0.4, -0.2) is 19.8 Å². The average molecular weight is 277 g/mol. The van der Waals surface area contributed by atoms with E-state index < -0.39 is 0 Å². The Morgan fingerprint density at radius 3 is 2.93 bits per heavy atom. The van der Waals surface area contributed by atoms with Crippen LogP contribution in [-0.2, 0) is 4.74 Å². The number of nitrogens with one attached hydrogen (secondary N) is 1. The van der Waals surface area contributed by atoms with E-state index in [1.807, 2.05) is 12.1 Å². The van der Waals surface area contributed by atoms with E-state index in [1.54, 1.807) is 0 Å². The van der Waals surface area contributed by atoms with E-state index in [4.69, 9.17) is 16.3 Å². The summed E-state index contributed by atoms with van der Waals surface area (Å²) in [6, 6.07) is 6.18. The zero-order valence-electron chi connectivity index (χ0n) is 7.59. The van der Waals surface area contributed by atoms with E-state index >= 15 is 0 Å². The average Bonchev–Trinajstić information content (AvgIpc) is 2.18. The van der Waals surface area contributed by atoms with Gasteiger partial charge in [0.2, 0.25) is 0 Å². The summed E-state index contributed by atoms with van der Waals surface area (Å²) in [4.78, 5) is 0. The Kier molecular flexibility index (Phi) is 3.44. The highest BCUT2D eigenvalue weighted by Crippen LogP contribution is 2.24. The molecule has 1 fully saturated rings. The molecule has 2 rings (SSSR count). The molecule has 2 nitrogen and oxygen atoms in total. The van der Waals surface area contributed by atoms with Crippen LogP contribution in [0.2, 0.25) is 5.02 Å². The van der Waals surface area contributed by atoms with Gasteiger partial charge in [-0.05, 0) is 23.8 Å². The van der Waals surface area contributed by atoms with Gasteiger partial charge in [-0.2, -0.15) is 0 Å². The summed E-state index contributed by atoms with van der Waals surface area (Å²) in [6.45, 7) is 2.40. The Morgan fingerprint density at radius 2 is 2.29 bits per heavy atom.